The highest BCUT2D eigenvalue weighted by molar-refractivity contribution is 5.39. The van der Waals surface area contributed by atoms with Gasteiger partial charge < -0.3 is 99.5 Å². The first kappa shape index (κ1) is 65.9. The first-order chi connectivity index (χ1) is 39.6. The largest absolute Gasteiger partial charge is 0.394 e. The maximum absolute atomic E-state index is 17.3. The monoisotopic (exact) mass is 1210 g/mol. The summed E-state index contributed by atoms with van der Waals surface area (Å²) < 4.78 is 206. The molecule has 0 saturated carbocycles. The molecule has 0 amide bonds. The van der Waals surface area contributed by atoms with Crippen LogP contribution in [0.5, 0.6) is 0 Å². The van der Waals surface area contributed by atoms with Gasteiger partial charge in [-0.3, -0.25) is 0 Å². The van der Waals surface area contributed by atoms with Gasteiger partial charge in [-0.25, -0.2) is 0 Å². The van der Waals surface area contributed by atoms with E-state index in [2.05, 4.69) is 13.8 Å². The molecule has 0 aromatic rings. The summed E-state index contributed by atoms with van der Waals surface area (Å²) in [5.41, 5.74) is -12.1. The lowest BCUT2D eigenvalue weighted by molar-refractivity contribution is -0.642. The van der Waals surface area contributed by atoms with Gasteiger partial charge in [0.15, 0.2) is 46.1 Å². The van der Waals surface area contributed by atoms with Crippen molar-refractivity contribution in [2.24, 2.45) is 10.8 Å². The fourth-order valence-electron chi connectivity index (χ4n) is 16.3. The van der Waals surface area contributed by atoms with Crippen LogP contribution in [0.3, 0.4) is 0 Å². The van der Waals surface area contributed by atoms with E-state index in [1.54, 1.807) is 27.7 Å². The van der Waals surface area contributed by atoms with Crippen LogP contribution in [0.2, 0.25) is 0 Å². The maximum atomic E-state index is 17.3. The molecule has 10 saturated heterocycles. The molecule has 24 heteroatoms. The summed E-state index contributed by atoms with van der Waals surface area (Å²) >= 11 is 0. The van der Waals surface area contributed by atoms with Gasteiger partial charge in [-0.15, -0.1) is 0 Å². The van der Waals surface area contributed by atoms with Gasteiger partial charge in [-0.2, -0.15) is 13.2 Å². The van der Waals surface area contributed by atoms with E-state index in [1.165, 1.54) is 7.11 Å². The fourth-order valence-corrected chi connectivity index (χ4v) is 16.3. The van der Waals surface area contributed by atoms with Gasteiger partial charge >= 0.3 is 6.18 Å². The third-order valence-corrected chi connectivity index (χ3v) is 19.7. The third-order valence-electron chi connectivity index (χ3n) is 19.7. The minimum absolute atomic E-state index is 0.0283. The highest BCUT2D eigenvalue weighted by Gasteiger charge is 3.02. The predicted octanol–water partition coefficient (Wildman–Crippen LogP) is 8.86. The SMILES string of the molecule is CCCC1(C2(C3(CC)OCCCO3)OC(C)OC(C3(C)OCCC(C)(C4(C)OC(C)CC(C)(C5(C)OCC(C)(C)CO5)O4)O3)(C3(CC4(C)OCCCO4)OCCCO3)C2(C2(COC)OCCCO2)C2(CC(F)(F)F)OCCCO2)OCCCO1. The average molecular weight is 1210 g/mol. The van der Waals surface area contributed by atoms with Gasteiger partial charge in [-0.05, 0) is 93.9 Å². The van der Waals surface area contributed by atoms with Crippen LogP contribution in [0.1, 0.15) is 167 Å². The summed E-state index contributed by atoms with van der Waals surface area (Å²) in [4.78, 5) is 0. The molecule has 0 bridgehead atoms. The van der Waals surface area contributed by atoms with Crippen molar-refractivity contribution in [1.29, 1.82) is 0 Å². The van der Waals surface area contributed by atoms with E-state index in [1.807, 2.05) is 41.5 Å². The zero-order chi connectivity index (χ0) is 60.5. The van der Waals surface area contributed by atoms with Crippen molar-refractivity contribution in [3.8, 4) is 0 Å². The molecule has 0 aliphatic carbocycles. The Morgan fingerprint density at radius 2 is 0.917 bits per heavy atom. The van der Waals surface area contributed by atoms with Crippen molar-refractivity contribution >= 4 is 0 Å². The Bertz CT molecular complexity index is 2200. The first-order valence-electron chi connectivity index (χ1n) is 31.2. The summed E-state index contributed by atoms with van der Waals surface area (Å²) in [7, 11) is 1.41. The Labute approximate surface area is 494 Å². The zero-order valence-corrected chi connectivity index (χ0v) is 52.4. The number of rotatable bonds is 16. The maximum Gasteiger partial charge on any atom is 0.394 e. The molecule has 10 aliphatic rings. The van der Waals surface area contributed by atoms with Gasteiger partial charge in [0, 0.05) is 38.2 Å². The summed E-state index contributed by atoms with van der Waals surface area (Å²) in [5.74, 6) is -20.2. The minimum Gasteiger partial charge on any atom is -0.379 e. The van der Waals surface area contributed by atoms with Crippen LogP contribution >= 0.6 is 0 Å². The Morgan fingerprint density at radius 1 is 0.464 bits per heavy atom. The molecule has 9 unspecified atom stereocenters. The summed E-state index contributed by atoms with van der Waals surface area (Å²) in [6.07, 6.45) is -7.06. The average Bonchev–Trinajstić information content (AvgIpc) is 0.617. The van der Waals surface area contributed by atoms with Gasteiger partial charge in [0.1, 0.15) is 17.8 Å². The second-order valence-electron chi connectivity index (χ2n) is 26.6. The van der Waals surface area contributed by atoms with E-state index >= 15 is 13.2 Å². The molecule has 0 aromatic heterocycles. The lowest BCUT2D eigenvalue weighted by Gasteiger charge is -2.81. The standard InChI is InChI=1S/C60H99F3O21/c1-14-22-53(70-28-18-29-71-53)60(52(15-2)68-26-17-27-69-52)58(56(42-64-13)76-34-21-35-77-56,54(39-57(61,62)63)72-30-19-31-73-54)59(81-44(4)82-60,55(74-32-20-33-75-55)38-48(9)65-24-16-25-66-48)51(12)67-36-23-46(7,83-51)50(11)80-43(3)37-47(8,84-50)49(10)78-40-45(5,6)41-79-49/h43-44H,14-42H2,1-13H3. The van der Waals surface area contributed by atoms with Crippen LogP contribution in [0, 0.1) is 10.8 Å². The minimum atomic E-state index is -5.17. The lowest BCUT2D eigenvalue weighted by atomic mass is 9.41. The van der Waals surface area contributed by atoms with E-state index in [0.717, 1.165) is 0 Å². The van der Waals surface area contributed by atoms with E-state index in [9.17, 15) is 0 Å². The Balaban J connectivity index is 1.42. The fraction of sp³-hybridized carbons (Fsp3) is 1.00. The van der Waals surface area contributed by atoms with Crippen molar-refractivity contribution in [3.63, 3.8) is 0 Å². The summed E-state index contributed by atoms with van der Waals surface area (Å²) in [6, 6.07) is 0. The lowest BCUT2D eigenvalue weighted by Crippen LogP contribution is -3.01. The molecular formula is C60H99F3O21. The Hall–Kier alpha value is -1.05. The summed E-state index contributed by atoms with van der Waals surface area (Å²) in [5, 5.41) is 0. The number of hydrogen-bond acceptors (Lipinski definition) is 21. The van der Waals surface area contributed by atoms with Gasteiger partial charge in [0.25, 0.3) is 0 Å². The van der Waals surface area contributed by atoms with Crippen LogP contribution in [0.15, 0.2) is 0 Å². The number of halogens is 3. The molecule has 0 aromatic carbocycles. The van der Waals surface area contributed by atoms with E-state index in [0.29, 0.717) is 51.7 Å². The van der Waals surface area contributed by atoms with Gasteiger partial charge in [0.05, 0.1) is 118 Å². The molecule has 9 atom stereocenters. The highest BCUT2D eigenvalue weighted by Crippen LogP contribution is 2.80. The smallest absolute Gasteiger partial charge is 0.379 e. The van der Waals surface area contributed by atoms with E-state index in [-0.39, 0.29) is 123 Å². The van der Waals surface area contributed by atoms with E-state index in [4.69, 9.17) is 99.5 Å². The molecule has 10 rings (SSSR count). The van der Waals surface area contributed by atoms with E-state index < -0.39 is 118 Å². The molecule has 84 heavy (non-hydrogen) atoms. The van der Waals surface area contributed by atoms with Crippen molar-refractivity contribution < 1.29 is 113 Å². The molecule has 0 radical (unpaired) electrons. The second-order valence-corrected chi connectivity index (χ2v) is 26.6. The van der Waals surface area contributed by atoms with Crippen LogP contribution in [0.25, 0.3) is 0 Å². The zero-order valence-electron chi connectivity index (χ0n) is 52.4. The number of hydrogen-bond donors (Lipinski definition) is 0. The van der Waals surface area contributed by atoms with Crippen LogP contribution in [-0.4, -0.2) is 206 Å². The number of methoxy groups -OCH3 is 1. The van der Waals surface area contributed by atoms with Crippen molar-refractivity contribution in [2.45, 2.75) is 260 Å². The molecule has 10 aliphatic heterocycles. The molecule has 486 valence electrons. The Kier molecular flexibility index (Phi) is 18.5. The quantitative estimate of drug-likeness (QED) is 0.142. The highest BCUT2D eigenvalue weighted by atomic mass is 19.4. The summed E-state index contributed by atoms with van der Waals surface area (Å²) in [6.45, 7) is 21.8. The van der Waals surface area contributed by atoms with Crippen molar-refractivity contribution in [1.82, 2.24) is 0 Å². The topological polar surface area (TPSA) is 194 Å². The second kappa shape index (κ2) is 23.6. The Morgan fingerprint density at radius 3 is 1.40 bits per heavy atom. The van der Waals surface area contributed by atoms with Crippen molar-refractivity contribution in [2.75, 3.05) is 113 Å². The van der Waals surface area contributed by atoms with Crippen molar-refractivity contribution in [3.05, 3.63) is 0 Å². The van der Waals surface area contributed by atoms with Gasteiger partial charge in [0.2, 0.25) is 28.9 Å². The number of alkyl halides is 3. The molecular weight excluding hydrogens is 1110 g/mol. The van der Waals surface area contributed by atoms with Crippen LogP contribution in [0.4, 0.5) is 13.2 Å². The normalized spacial score (nSPS) is 42.1. The number of ether oxygens (including phenoxy) is 21. The molecule has 0 N–H and O–H groups in total. The van der Waals surface area contributed by atoms with Crippen LogP contribution in [-0.2, 0) is 99.5 Å². The molecule has 10 heterocycles. The molecule has 21 nitrogen and oxygen atoms in total. The van der Waals surface area contributed by atoms with Crippen LogP contribution < -0.4 is 0 Å². The third kappa shape index (κ3) is 10.1. The molecule has 0 spiro atoms. The van der Waals surface area contributed by atoms with Gasteiger partial charge in [-0.1, -0.05) is 34.1 Å². The first-order valence-corrected chi connectivity index (χ1v) is 31.2. The predicted molar refractivity (Wildman–Crippen MR) is 289 cm³/mol. The molecule has 10 fully saturated rings.